The van der Waals surface area contributed by atoms with Gasteiger partial charge in [-0.05, 0) is 68.5 Å². The fourth-order valence-corrected chi connectivity index (χ4v) is 4.88. The number of carbonyl (C=O) groups excluding carboxylic acids is 1. The number of hydrogen-bond acceptors (Lipinski definition) is 6. The molecule has 5 rings (SSSR count). The Hall–Kier alpha value is -3.13. The van der Waals surface area contributed by atoms with Gasteiger partial charge in [-0.3, -0.25) is 14.7 Å². The van der Waals surface area contributed by atoms with Crippen molar-refractivity contribution in [3.63, 3.8) is 0 Å². The highest BCUT2D eigenvalue weighted by molar-refractivity contribution is 5.83. The molecule has 1 aromatic carbocycles. The van der Waals surface area contributed by atoms with E-state index < -0.39 is 0 Å². The predicted octanol–water partition coefficient (Wildman–Crippen LogP) is 3.17. The van der Waals surface area contributed by atoms with Crippen LogP contribution in [0.3, 0.4) is 0 Å². The first-order valence-corrected chi connectivity index (χ1v) is 11.6. The van der Waals surface area contributed by atoms with Crippen LogP contribution in [0.4, 0.5) is 0 Å². The van der Waals surface area contributed by atoms with E-state index in [9.17, 15) is 4.79 Å². The molecular weight excluding hydrogens is 402 g/mol. The molecule has 1 saturated heterocycles. The lowest BCUT2D eigenvalue weighted by Crippen LogP contribution is -2.45. The largest absolute Gasteiger partial charge is 0.352 e. The van der Waals surface area contributed by atoms with Crippen LogP contribution in [0, 0.1) is 0 Å². The Labute approximate surface area is 188 Å². The van der Waals surface area contributed by atoms with Gasteiger partial charge in [-0.25, -0.2) is 0 Å². The molecule has 3 heterocycles. The van der Waals surface area contributed by atoms with Crippen LogP contribution in [0.25, 0.3) is 11.4 Å². The molecule has 1 aliphatic heterocycles. The maximum atomic E-state index is 13.3. The molecule has 3 aromatic rings. The summed E-state index contributed by atoms with van der Waals surface area (Å²) in [6.07, 6.45) is 9.55. The molecule has 2 aliphatic rings. The lowest BCUT2D eigenvalue weighted by molar-refractivity contribution is -0.127. The van der Waals surface area contributed by atoms with Gasteiger partial charge in [0.15, 0.2) is 0 Å². The van der Waals surface area contributed by atoms with Crippen molar-refractivity contribution in [2.45, 2.75) is 56.7 Å². The number of nitrogens with zero attached hydrogens (tertiary/aromatic N) is 6. The normalized spacial score (nSPS) is 22.5. The van der Waals surface area contributed by atoms with E-state index in [1.165, 1.54) is 0 Å². The first-order valence-electron chi connectivity index (χ1n) is 11.6. The number of carbonyl (C=O) groups is 1. The van der Waals surface area contributed by atoms with Crippen molar-refractivity contribution in [1.82, 2.24) is 35.4 Å². The number of amides is 1. The quantitative estimate of drug-likeness (QED) is 0.645. The van der Waals surface area contributed by atoms with Gasteiger partial charge in [0.05, 0.1) is 6.04 Å². The van der Waals surface area contributed by atoms with Crippen molar-refractivity contribution in [3.8, 4) is 11.4 Å². The predicted molar refractivity (Wildman–Crippen MR) is 120 cm³/mol. The highest BCUT2D eigenvalue weighted by Crippen LogP contribution is 2.30. The summed E-state index contributed by atoms with van der Waals surface area (Å²) in [5.41, 5.74) is 1.95. The van der Waals surface area contributed by atoms with E-state index in [2.05, 4.69) is 30.6 Å². The van der Waals surface area contributed by atoms with Gasteiger partial charge in [0.1, 0.15) is 6.04 Å². The van der Waals surface area contributed by atoms with Gasteiger partial charge in [-0.15, -0.1) is 10.2 Å². The monoisotopic (exact) mass is 431 g/mol. The third-order valence-electron chi connectivity index (χ3n) is 6.58. The van der Waals surface area contributed by atoms with Gasteiger partial charge in [0.25, 0.3) is 0 Å². The number of nitrogens with one attached hydrogen (secondary N) is 1. The van der Waals surface area contributed by atoms with Crippen LogP contribution >= 0.6 is 0 Å². The van der Waals surface area contributed by atoms with E-state index in [1.807, 2.05) is 48.7 Å². The third-order valence-corrected chi connectivity index (χ3v) is 6.58. The van der Waals surface area contributed by atoms with Crippen molar-refractivity contribution < 1.29 is 4.79 Å². The summed E-state index contributed by atoms with van der Waals surface area (Å²) >= 11 is 0. The number of benzene rings is 1. The van der Waals surface area contributed by atoms with Crippen molar-refractivity contribution in [2.24, 2.45) is 0 Å². The number of tetrazole rings is 1. The molecule has 2 aromatic heterocycles. The molecule has 1 amide bonds. The first kappa shape index (κ1) is 20.8. The van der Waals surface area contributed by atoms with Gasteiger partial charge < -0.3 is 5.32 Å². The van der Waals surface area contributed by atoms with Gasteiger partial charge >= 0.3 is 0 Å². The van der Waals surface area contributed by atoms with Crippen LogP contribution in [0.5, 0.6) is 0 Å². The Morgan fingerprint density at radius 1 is 1.00 bits per heavy atom. The van der Waals surface area contributed by atoms with E-state index >= 15 is 0 Å². The topological polar surface area (TPSA) is 88.8 Å². The van der Waals surface area contributed by atoms with E-state index in [0.717, 1.165) is 62.7 Å². The van der Waals surface area contributed by atoms with E-state index in [1.54, 1.807) is 11.0 Å². The average molecular weight is 432 g/mol. The van der Waals surface area contributed by atoms with Crippen LogP contribution in [0.2, 0.25) is 0 Å². The van der Waals surface area contributed by atoms with Crippen LogP contribution in [0.15, 0.2) is 54.9 Å². The van der Waals surface area contributed by atoms with Gasteiger partial charge in [-0.2, -0.15) is 4.80 Å². The van der Waals surface area contributed by atoms with Gasteiger partial charge in [0, 0.05) is 24.0 Å². The zero-order valence-electron chi connectivity index (χ0n) is 18.2. The number of aromatic nitrogens is 5. The molecular formula is C24H29N7O. The molecule has 1 saturated carbocycles. The molecule has 8 nitrogen and oxygen atoms in total. The smallest absolute Gasteiger partial charge is 0.242 e. The van der Waals surface area contributed by atoms with Crippen molar-refractivity contribution in [2.75, 3.05) is 13.1 Å². The molecule has 0 bridgehead atoms. The Morgan fingerprint density at radius 3 is 2.50 bits per heavy atom. The Bertz CT molecular complexity index is 1010. The Kier molecular flexibility index (Phi) is 6.20. The van der Waals surface area contributed by atoms with Gasteiger partial charge in [-0.1, -0.05) is 36.4 Å². The van der Waals surface area contributed by atoms with Crippen molar-refractivity contribution in [3.05, 3.63) is 60.4 Å². The fraction of sp³-hybridized carbons (Fsp3) is 0.458. The summed E-state index contributed by atoms with van der Waals surface area (Å²) in [5, 5.41) is 16.5. The molecule has 166 valence electrons. The molecule has 0 spiro atoms. The SMILES string of the molecule is O=C(NC1CCC(n2nnc(-c3ccccc3)n2)CC1)C(c1cccnc1)N1CCCC1. The highest BCUT2D eigenvalue weighted by Gasteiger charge is 2.32. The summed E-state index contributed by atoms with van der Waals surface area (Å²) in [5.74, 6) is 0.750. The minimum absolute atomic E-state index is 0.0913. The maximum Gasteiger partial charge on any atom is 0.242 e. The second kappa shape index (κ2) is 9.56. The van der Waals surface area contributed by atoms with Crippen LogP contribution < -0.4 is 5.32 Å². The lowest BCUT2D eigenvalue weighted by atomic mass is 9.91. The summed E-state index contributed by atoms with van der Waals surface area (Å²) in [7, 11) is 0. The second-order valence-electron chi connectivity index (χ2n) is 8.75. The molecule has 1 N–H and O–H groups in total. The standard InChI is InChI=1S/C24H29N7O/c32-24(22(30-15-4-5-16-30)19-9-6-14-25-17-19)26-20-10-12-21(13-11-20)31-28-23(27-29-31)18-7-2-1-3-8-18/h1-3,6-9,14,17,20-22H,4-5,10-13,15-16H2,(H,26,32). The third kappa shape index (κ3) is 4.55. The number of hydrogen-bond donors (Lipinski definition) is 1. The summed E-state index contributed by atoms with van der Waals surface area (Å²) < 4.78 is 0. The highest BCUT2D eigenvalue weighted by atomic mass is 16.2. The molecule has 0 radical (unpaired) electrons. The van der Waals surface area contributed by atoms with Crippen LogP contribution in [-0.4, -0.2) is 55.1 Å². The first-order chi connectivity index (χ1) is 15.8. The molecule has 8 heteroatoms. The zero-order valence-corrected chi connectivity index (χ0v) is 18.2. The number of likely N-dealkylation sites (tertiary alicyclic amines) is 1. The van der Waals surface area contributed by atoms with E-state index in [4.69, 9.17) is 0 Å². The van der Waals surface area contributed by atoms with Crippen LogP contribution in [-0.2, 0) is 4.79 Å². The van der Waals surface area contributed by atoms with Crippen molar-refractivity contribution in [1.29, 1.82) is 0 Å². The minimum atomic E-state index is -0.255. The molecule has 1 atom stereocenters. The minimum Gasteiger partial charge on any atom is -0.352 e. The Morgan fingerprint density at radius 2 is 1.78 bits per heavy atom. The maximum absolute atomic E-state index is 13.3. The zero-order chi connectivity index (χ0) is 21.8. The van der Waals surface area contributed by atoms with Crippen LogP contribution in [0.1, 0.15) is 56.2 Å². The molecule has 1 unspecified atom stereocenters. The fourth-order valence-electron chi connectivity index (χ4n) is 4.88. The average Bonchev–Trinajstić information content (AvgIpc) is 3.54. The Balaban J connectivity index is 1.20. The second-order valence-corrected chi connectivity index (χ2v) is 8.75. The molecule has 2 fully saturated rings. The van der Waals surface area contributed by atoms with E-state index in [-0.39, 0.29) is 24.0 Å². The summed E-state index contributed by atoms with van der Waals surface area (Å²) in [4.78, 5) is 21.6. The van der Waals surface area contributed by atoms with Gasteiger partial charge in [0.2, 0.25) is 11.7 Å². The van der Waals surface area contributed by atoms with E-state index in [0.29, 0.717) is 5.82 Å². The number of rotatable bonds is 6. The number of pyridine rings is 1. The lowest BCUT2D eigenvalue weighted by Gasteiger charge is -2.32. The summed E-state index contributed by atoms with van der Waals surface area (Å²) in [6, 6.07) is 14.0. The molecule has 32 heavy (non-hydrogen) atoms. The summed E-state index contributed by atoms with van der Waals surface area (Å²) in [6.45, 7) is 1.92. The molecule has 1 aliphatic carbocycles. The van der Waals surface area contributed by atoms with Crippen molar-refractivity contribution >= 4 is 5.91 Å².